The van der Waals surface area contributed by atoms with Crippen LogP contribution in [0.3, 0.4) is 0 Å². The van der Waals surface area contributed by atoms with Crippen molar-refractivity contribution < 1.29 is 14.0 Å². The highest BCUT2D eigenvalue weighted by Gasteiger charge is 2.35. The number of piperidine rings is 1. The summed E-state index contributed by atoms with van der Waals surface area (Å²) in [4.78, 5) is 26.6. The SMILES string of the molecule is Cn1cccc1[C@@H]1CC(c2ccc(F)cc2)=NN1C(=O)CN1CCC(C(N)=O)CC1. The highest BCUT2D eigenvalue weighted by molar-refractivity contribution is 6.03. The van der Waals surface area contributed by atoms with Gasteiger partial charge < -0.3 is 10.3 Å². The predicted molar refractivity (Wildman–Crippen MR) is 111 cm³/mol. The van der Waals surface area contributed by atoms with Gasteiger partial charge in [0, 0.05) is 31.3 Å². The monoisotopic (exact) mass is 411 g/mol. The molecule has 2 amide bonds. The van der Waals surface area contributed by atoms with Gasteiger partial charge in [-0.2, -0.15) is 5.10 Å². The number of primary amides is 1. The van der Waals surface area contributed by atoms with E-state index in [4.69, 9.17) is 5.73 Å². The van der Waals surface area contributed by atoms with Crippen LogP contribution in [0.15, 0.2) is 47.7 Å². The van der Waals surface area contributed by atoms with E-state index < -0.39 is 0 Å². The molecule has 0 radical (unpaired) electrons. The summed E-state index contributed by atoms with van der Waals surface area (Å²) in [6.07, 6.45) is 3.86. The molecule has 3 heterocycles. The van der Waals surface area contributed by atoms with Gasteiger partial charge in [0.05, 0.1) is 12.3 Å². The minimum atomic E-state index is -0.302. The molecule has 0 unspecified atom stereocenters. The number of hydrogen-bond donors (Lipinski definition) is 1. The minimum Gasteiger partial charge on any atom is -0.369 e. The molecule has 0 aliphatic carbocycles. The second-order valence-corrected chi connectivity index (χ2v) is 8.01. The summed E-state index contributed by atoms with van der Waals surface area (Å²) >= 11 is 0. The number of nitrogens with two attached hydrogens (primary N) is 1. The lowest BCUT2D eigenvalue weighted by Gasteiger charge is -2.31. The molecule has 4 rings (SSSR count). The third-order valence-corrected chi connectivity index (χ3v) is 6.02. The molecule has 2 aliphatic heterocycles. The van der Waals surface area contributed by atoms with Gasteiger partial charge in [-0.15, -0.1) is 0 Å². The Morgan fingerprint density at radius 3 is 2.47 bits per heavy atom. The zero-order valence-electron chi connectivity index (χ0n) is 17.0. The number of carbonyl (C=O) groups is 2. The number of carbonyl (C=O) groups excluding carboxylic acids is 2. The first-order chi connectivity index (χ1) is 14.4. The number of rotatable bonds is 5. The number of halogens is 1. The van der Waals surface area contributed by atoms with E-state index in [1.54, 1.807) is 17.1 Å². The maximum absolute atomic E-state index is 13.3. The Morgan fingerprint density at radius 2 is 1.87 bits per heavy atom. The van der Waals surface area contributed by atoms with Crippen molar-refractivity contribution in [3.05, 3.63) is 59.7 Å². The van der Waals surface area contributed by atoms with Crippen molar-refractivity contribution >= 4 is 17.5 Å². The van der Waals surface area contributed by atoms with Crippen molar-refractivity contribution in [1.29, 1.82) is 0 Å². The van der Waals surface area contributed by atoms with E-state index >= 15 is 0 Å². The van der Waals surface area contributed by atoms with Gasteiger partial charge in [0.1, 0.15) is 11.9 Å². The molecular formula is C22H26FN5O2. The van der Waals surface area contributed by atoms with Crippen molar-refractivity contribution in [2.45, 2.75) is 25.3 Å². The van der Waals surface area contributed by atoms with Gasteiger partial charge >= 0.3 is 0 Å². The summed E-state index contributed by atoms with van der Waals surface area (Å²) in [5.41, 5.74) is 7.98. The van der Waals surface area contributed by atoms with Crippen LogP contribution in [-0.2, 0) is 16.6 Å². The molecular weight excluding hydrogens is 385 g/mol. The lowest BCUT2D eigenvalue weighted by Crippen LogP contribution is -2.44. The van der Waals surface area contributed by atoms with Crippen LogP contribution >= 0.6 is 0 Å². The zero-order valence-corrected chi connectivity index (χ0v) is 17.0. The van der Waals surface area contributed by atoms with Crippen LogP contribution in [0.1, 0.15) is 36.6 Å². The van der Waals surface area contributed by atoms with Gasteiger partial charge in [0.2, 0.25) is 5.91 Å². The Hall–Kier alpha value is -3.00. The third-order valence-electron chi connectivity index (χ3n) is 6.02. The predicted octanol–water partition coefficient (Wildman–Crippen LogP) is 2.04. The Bertz CT molecular complexity index is 960. The average molecular weight is 411 g/mol. The van der Waals surface area contributed by atoms with Crippen LogP contribution in [-0.4, -0.2) is 51.6 Å². The second kappa shape index (κ2) is 8.39. The first-order valence-electron chi connectivity index (χ1n) is 10.2. The molecule has 1 saturated heterocycles. The van der Waals surface area contributed by atoms with Gasteiger partial charge in [-0.25, -0.2) is 9.40 Å². The normalized spacial score (nSPS) is 20.4. The quantitative estimate of drug-likeness (QED) is 0.817. The van der Waals surface area contributed by atoms with Gasteiger partial charge in [-0.05, 0) is 55.8 Å². The van der Waals surface area contributed by atoms with E-state index in [1.807, 2.05) is 29.9 Å². The van der Waals surface area contributed by atoms with Crippen molar-refractivity contribution in [1.82, 2.24) is 14.5 Å². The van der Waals surface area contributed by atoms with Crippen LogP contribution in [0.5, 0.6) is 0 Å². The fraction of sp³-hybridized carbons (Fsp3) is 0.409. The molecule has 158 valence electrons. The molecule has 7 nitrogen and oxygen atoms in total. The molecule has 2 N–H and O–H groups in total. The molecule has 0 bridgehead atoms. The van der Waals surface area contributed by atoms with Crippen LogP contribution in [0.25, 0.3) is 0 Å². The highest BCUT2D eigenvalue weighted by atomic mass is 19.1. The van der Waals surface area contributed by atoms with Crippen molar-refractivity contribution in [3.63, 3.8) is 0 Å². The molecule has 8 heteroatoms. The van der Waals surface area contributed by atoms with E-state index in [0.29, 0.717) is 32.4 Å². The molecule has 2 aliphatic rings. The maximum atomic E-state index is 13.3. The Kier molecular flexibility index (Phi) is 5.67. The number of hydrazone groups is 1. The van der Waals surface area contributed by atoms with Crippen LogP contribution < -0.4 is 5.73 Å². The largest absolute Gasteiger partial charge is 0.369 e. The Balaban J connectivity index is 1.52. The number of aromatic nitrogens is 1. The molecule has 2 aromatic rings. The summed E-state index contributed by atoms with van der Waals surface area (Å²) in [7, 11) is 1.95. The molecule has 0 spiro atoms. The van der Waals surface area contributed by atoms with E-state index in [-0.39, 0.29) is 36.1 Å². The summed E-state index contributed by atoms with van der Waals surface area (Å²) < 4.78 is 15.3. The van der Waals surface area contributed by atoms with Gasteiger partial charge in [-0.3, -0.25) is 14.5 Å². The van der Waals surface area contributed by atoms with E-state index in [0.717, 1.165) is 17.0 Å². The number of aryl methyl sites for hydroxylation is 1. The number of benzene rings is 1. The Labute approximate surface area is 174 Å². The van der Waals surface area contributed by atoms with Crippen molar-refractivity contribution in [2.24, 2.45) is 23.8 Å². The van der Waals surface area contributed by atoms with Crippen molar-refractivity contribution in [2.75, 3.05) is 19.6 Å². The molecule has 1 fully saturated rings. The van der Waals surface area contributed by atoms with Gasteiger partial charge in [-0.1, -0.05) is 12.1 Å². The summed E-state index contributed by atoms with van der Waals surface area (Å²) in [6.45, 7) is 1.57. The maximum Gasteiger partial charge on any atom is 0.257 e. The van der Waals surface area contributed by atoms with Crippen LogP contribution in [0.2, 0.25) is 0 Å². The summed E-state index contributed by atoms with van der Waals surface area (Å²) in [6, 6.07) is 9.93. The fourth-order valence-electron chi connectivity index (χ4n) is 4.25. The van der Waals surface area contributed by atoms with Gasteiger partial charge in [0.15, 0.2) is 0 Å². The fourth-order valence-corrected chi connectivity index (χ4v) is 4.25. The lowest BCUT2D eigenvalue weighted by molar-refractivity contribution is -0.134. The second-order valence-electron chi connectivity index (χ2n) is 8.01. The topological polar surface area (TPSA) is 83.9 Å². The van der Waals surface area contributed by atoms with E-state index in [2.05, 4.69) is 10.0 Å². The first kappa shape index (κ1) is 20.3. The third kappa shape index (κ3) is 4.14. The Morgan fingerprint density at radius 1 is 1.17 bits per heavy atom. The number of hydrogen-bond acceptors (Lipinski definition) is 4. The number of nitrogens with zero attached hydrogens (tertiary/aromatic N) is 4. The minimum absolute atomic E-state index is 0.0872. The van der Waals surface area contributed by atoms with Crippen LogP contribution in [0.4, 0.5) is 4.39 Å². The zero-order chi connectivity index (χ0) is 21.3. The first-order valence-corrected chi connectivity index (χ1v) is 10.2. The van der Waals surface area contributed by atoms with Crippen molar-refractivity contribution in [3.8, 4) is 0 Å². The summed E-state index contributed by atoms with van der Waals surface area (Å²) in [5.74, 6) is -0.764. The average Bonchev–Trinajstić information content (AvgIpc) is 3.35. The lowest BCUT2D eigenvalue weighted by atomic mass is 9.96. The highest BCUT2D eigenvalue weighted by Crippen LogP contribution is 2.33. The smallest absolute Gasteiger partial charge is 0.257 e. The summed E-state index contributed by atoms with van der Waals surface area (Å²) in [5, 5.41) is 6.20. The molecule has 1 aromatic heterocycles. The molecule has 1 atom stereocenters. The number of amides is 2. The molecule has 30 heavy (non-hydrogen) atoms. The standard InChI is InChI=1S/C22H26FN5O2/c1-26-10-2-3-19(26)20-13-18(15-4-6-17(23)7-5-15)25-28(20)21(29)14-27-11-8-16(9-12-27)22(24)30/h2-7,10,16,20H,8-9,11-14H2,1H3,(H2,24,30)/t20-/m0/s1. The van der Waals surface area contributed by atoms with Gasteiger partial charge in [0.25, 0.3) is 5.91 Å². The van der Waals surface area contributed by atoms with E-state index in [1.165, 1.54) is 12.1 Å². The molecule has 0 saturated carbocycles. The van der Waals surface area contributed by atoms with E-state index in [9.17, 15) is 14.0 Å². The molecule has 1 aromatic carbocycles. The number of likely N-dealkylation sites (tertiary alicyclic amines) is 1. The van der Waals surface area contributed by atoms with Crippen LogP contribution in [0, 0.1) is 11.7 Å².